The third kappa shape index (κ3) is 4.57. The van der Waals surface area contributed by atoms with E-state index >= 15 is 0 Å². The van der Waals surface area contributed by atoms with E-state index in [2.05, 4.69) is 10.3 Å². The monoisotopic (exact) mass is 295 g/mol. The van der Waals surface area contributed by atoms with Crippen LogP contribution in [-0.4, -0.2) is 56.8 Å². The van der Waals surface area contributed by atoms with Gasteiger partial charge < -0.3 is 15.0 Å². The molecule has 0 aromatic carbocycles. The van der Waals surface area contributed by atoms with E-state index < -0.39 is 12.6 Å². The molecule has 1 N–H and O–H groups in total. The van der Waals surface area contributed by atoms with Gasteiger partial charge in [-0.25, -0.2) is 0 Å². The Hall–Kier alpha value is -1.47. The predicted octanol–water partition coefficient (Wildman–Crippen LogP) is 1.26. The maximum atomic E-state index is 12.1. The SMILES string of the molecule is CN=C(NCCC(F)(F)F)N1CC(C)C(C(=O)OC)C1. The zero-order valence-electron chi connectivity index (χ0n) is 11.8. The highest BCUT2D eigenvalue weighted by molar-refractivity contribution is 5.82. The zero-order chi connectivity index (χ0) is 15.3. The maximum absolute atomic E-state index is 12.1. The molecule has 0 aromatic rings. The van der Waals surface area contributed by atoms with Crippen molar-refractivity contribution < 1.29 is 22.7 Å². The van der Waals surface area contributed by atoms with Gasteiger partial charge in [0.2, 0.25) is 0 Å². The fourth-order valence-corrected chi connectivity index (χ4v) is 2.25. The highest BCUT2D eigenvalue weighted by Gasteiger charge is 2.37. The molecule has 1 fully saturated rings. The fourth-order valence-electron chi connectivity index (χ4n) is 2.25. The van der Waals surface area contributed by atoms with Crippen molar-refractivity contribution >= 4 is 11.9 Å². The second-order valence-corrected chi connectivity index (χ2v) is 4.85. The zero-order valence-corrected chi connectivity index (χ0v) is 11.8. The van der Waals surface area contributed by atoms with Crippen LogP contribution in [-0.2, 0) is 9.53 Å². The molecular formula is C12H20F3N3O2. The molecule has 0 aliphatic carbocycles. The van der Waals surface area contributed by atoms with Crippen molar-refractivity contribution in [3.05, 3.63) is 0 Å². The molecule has 0 spiro atoms. The Labute approximate surface area is 116 Å². The number of alkyl halides is 3. The van der Waals surface area contributed by atoms with Crippen LogP contribution < -0.4 is 5.32 Å². The molecule has 1 heterocycles. The van der Waals surface area contributed by atoms with Crippen molar-refractivity contribution in [2.24, 2.45) is 16.8 Å². The number of hydrogen-bond donors (Lipinski definition) is 1. The molecule has 1 saturated heterocycles. The molecule has 0 aromatic heterocycles. The molecule has 1 aliphatic heterocycles. The number of aliphatic imine (C=N–C) groups is 1. The molecule has 2 unspecified atom stereocenters. The number of rotatable bonds is 3. The van der Waals surface area contributed by atoms with Crippen LogP contribution in [0.1, 0.15) is 13.3 Å². The molecular weight excluding hydrogens is 275 g/mol. The molecule has 8 heteroatoms. The number of esters is 1. The van der Waals surface area contributed by atoms with Crippen LogP contribution in [0.5, 0.6) is 0 Å². The quantitative estimate of drug-likeness (QED) is 0.484. The van der Waals surface area contributed by atoms with Crippen molar-refractivity contribution in [3.63, 3.8) is 0 Å². The number of likely N-dealkylation sites (tertiary alicyclic amines) is 1. The van der Waals surface area contributed by atoms with Crippen LogP contribution in [0.3, 0.4) is 0 Å². The minimum atomic E-state index is -4.20. The van der Waals surface area contributed by atoms with Crippen LogP contribution in [0, 0.1) is 11.8 Å². The first-order valence-electron chi connectivity index (χ1n) is 6.38. The van der Waals surface area contributed by atoms with Crippen LogP contribution in [0.25, 0.3) is 0 Å². The van der Waals surface area contributed by atoms with Gasteiger partial charge in [0.25, 0.3) is 0 Å². The van der Waals surface area contributed by atoms with E-state index in [9.17, 15) is 18.0 Å². The summed E-state index contributed by atoms with van der Waals surface area (Å²) in [6.45, 7) is 2.64. The Morgan fingerprint density at radius 1 is 1.45 bits per heavy atom. The first-order valence-corrected chi connectivity index (χ1v) is 6.38. The van der Waals surface area contributed by atoms with Crippen LogP contribution in [0.4, 0.5) is 13.2 Å². The molecule has 0 bridgehead atoms. The normalized spacial score (nSPS) is 23.9. The summed E-state index contributed by atoms with van der Waals surface area (Å²) in [5.41, 5.74) is 0. The highest BCUT2D eigenvalue weighted by atomic mass is 19.4. The number of carbonyl (C=O) groups is 1. The first kappa shape index (κ1) is 16.6. The van der Waals surface area contributed by atoms with Gasteiger partial charge in [-0.05, 0) is 5.92 Å². The number of hydrogen-bond acceptors (Lipinski definition) is 3. The van der Waals surface area contributed by atoms with E-state index in [1.807, 2.05) is 6.92 Å². The average Bonchev–Trinajstić information content (AvgIpc) is 2.74. The number of nitrogens with one attached hydrogen (secondary N) is 1. The Kier molecular flexibility index (Phi) is 5.64. The van der Waals surface area contributed by atoms with E-state index in [0.717, 1.165) is 0 Å². The van der Waals surface area contributed by atoms with E-state index in [0.29, 0.717) is 19.0 Å². The van der Waals surface area contributed by atoms with Gasteiger partial charge in [0, 0.05) is 26.7 Å². The van der Waals surface area contributed by atoms with Gasteiger partial charge in [0.15, 0.2) is 5.96 Å². The summed E-state index contributed by atoms with van der Waals surface area (Å²) in [4.78, 5) is 17.3. The summed E-state index contributed by atoms with van der Waals surface area (Å²) in [5, 5.41) is 2.67. The lowest BCUT2D eigenvalue weighted by molar-refractivity contribution is -0.146. The largest absolute Gasteiger partial charge is 0.469 e. The van der Waals surface area contributed by atoms with E-state index in [4.69, 9.17) is 4.74 Å². The van der Waals surface area contributed by atoms with Crippen molar-refractivity contribution in [2.75, 3.05) is 33.8 Å². The fraction of sp³-hybridized carbons (Fsp3) is 0.833. The molecule has 116 valence electrons. The molecule has 20 heavy (non-hydrogen) atoms. The Morgan fingerprint density at radius 2 is 2.10 bits per heavy atom. The summed E-state index contributed by atoms with van der Waals surface area (Å²) in [5.74, 6) is -0.122. The summed E-state index contributed by atoms with van der Waals surface area (Å²) in [7, 11) is 2.83. The van der Waals surface area contributed by atoms with E-state index in [-0.39, 0.29) is 24.3 Å². The molecule has 0 amide bonds. The summed E-state index contributed by atoms with van der Waals surface area (Å²) in [6.07, 6.45) is -5.12. The molecule has 5 nitrogen and oxygen atoms in total. The highest BCUT2D eigenvalue weighted by Crippen LogP contribution is 2.24. The smallest absolute Gasteiger partial charge is 0.390 e. The molecule has 1 aliphatic rings. The van der Waals surface area contributed by atoms with Crippen molar-refractivity contribution in [2.45, 2.75) is 19.5 Å². The lowest BCUT2D eigenvalue weighted by Crippen LogP contribution is -2.41. The Morgan fingerprint density at radius 3 is 2.60 bits per heavy atom. The maximum Gasteiger partial charge on any atom is 0.390 e. The molecule has 0 radical (unpaired) electrons. The topological polar surface area (TPSA) is 53.9 Å². The third-order valence-corrected chi connectivity index (χ3v) is 3.32. The minimum Gasteiger partial charge on any atom is -0.469 e. The van der Waals surface area contributed by atoms with Gasteiger partial charge in [-0.15, -0.1) is 0 Å². The average molecular weight is 295 g/mol. The molecule has 0 saturated carbocycles. The predicted molar refractivity (Wildman–Crippen MR) is 68.3 cm³/mol. The second kappa shape index (κ2) is 6.81. The van der Waals surface area contributed by atoms with Crippen molar-refractivity contribution in [3.8, 4) is 0 Å². The van der Waals surface area contributed by atoms with Crippen LogP contribution >= 0.6 is 0 Å². The van der Waals surface area contributed by atoms with E-state index in [1.165, 1.54) is 14.2 Å². The summed E-state index contributed by atoms with van der Waals surface area (Å²) in [6, 6.07) is 0. The standard InChI is InChI=1S/C12H20F3N3O2/c1-8-6-18(7-9(8)10(19)20-3)11(16-2)17-5-4-12(13,14)15/h8-9H,4-7H2,1-3H3,(H,16,17). The van der Waals surface area contributed by atoms with Crippen molar-refractivity contribution in [1.29, 1.82) is 0 Å². The number of guanidine groups is 1. The number of methoxy groups -OCH3 is 1. The second-order valence-electron chi connectivity index (χ2n) is 4.85. The number of carbonyl (C=O) groups excluding carboxylic acids is 1. The van der Waals surface area contributed by atoms with Gasteiger partial charge in [0.05, 0.1) is 19.4 Å². The minimum absolute atomic E-state index is 0.0728. The summed E-state index contributed by atoms with van der Waals surface area (Å²) >= 11 is 0. The molecule has 1 rings (SSSR count). The lowest BCUT2D eigenvalue weighted by Gasteiger charge is -2.21. The third-order valence-electron chi connectivity index (χ3n) is 3.32. The lowest BCUT2D eigenvalue weighted by atomic mass is 9.99. The number of halogens is 3. The van der Waals surface area contributed by atoms with E-state index in [1.54, 1.807) is 4.90 Å². The Balaban J connectivity index is 2.54. The van der Waals surface area contributed by atoms with Gasteiger partial charge >= 0.3 is 12.1 Å². The van der Waals surface area contributed by atoms with Crippen LogP contribution in [0.2, 0.25) is 0 Å². The van der Waals surface area contributed by atoms with Gasteiger partial charge in [-0.2, -0.15) is 13.2 Å². The van der Waals surface area contributed by atoms with Gasteiger partial charge in [0.1, 0.15) is 0 Å². The Bertz CT molecular complexity index is 371. The van der Waals surface area contributed by atoms with Crippen LogP contribution in [0.15, 0.2) is 4.99 Å². The molecule has 2 atom stereocenters. The summed E-state index contributed by atoms with van der Waals surface area (Å²) < 4.78 is 41.0. The first-order chi connectivity index (χ1) is 9.28. The van der Waals surface area contributed by atoms with Gasteiger partial charge in [-0.3, -0.25) is 9.79 Å². The van der Waals surface area contributed by atoms with Gasteiger partial charge in [-0.1, -0.05) is 6.92 Å². The number of ether oxygens (including phenoxy) is 1. The van der Waals surface area contributed by atoms with Crippen molar-refractivity contribution in [1.82, 2.24) is 10.2 Å². The number of nitrogens with zero attached hydrogens (tertiary/aromatic N) is 2.